The highest BCUT2D eigenvalue weighted by molar-refractivity contribution is 6.52. The van der Waals surface area contributed by atoms with E-state index < -0.39 is 17.8 Å². The number of anilines is 1. The lowest BCUT2D eigenvalue weighted by Gasteiger charge is -2.15. The van der Waals surface area contributed by atoms with Gasteiger partial charge in [0.1, 0.15) is 0 Å². The molecule has 0 aliphatic carbocycles. The molecule has 0 radical (unpaired) electrons. The van der Waals surface area contributed by atoms with Gasteiger partial charge < -0.3 is 0 Å². The number of rotatable bonds is 3. The van der Waals surface area contributed by atoms with Gasteiger partial charge in [0, 0.05) is 0 Å². The fourth-order valence-electron chi connectivity index (χ4n) is 2.33. The summed E-state index contributed by atoms with van der Waals surface area (Å²) in [6.45, 7) is 2.00. The second-order valence-electron chi connectivity index (χ2n) is 5.14. The highest BCUT2D eigenvalue weighted by Gasteiger charge is 2.45. The smallest absolute Gasteiger partial charge is 0.263 e. The van der Waals surface area contributed by atoms with E-state index in [1.54, 1.807) is 36.4 Å². The third-order valence-electron chi connectivity index (χ3n) is 3.53. The fourth-order valence-corrected chi connectivity index (χ4v) is 2.33. The Hall–Kier alpha value is -2.95. The van der Waals surface area contributed by atoms with E-state index in [9.17, 15) is 14.4 Å². The second kappa shape index (κ2) is 5.44. The van der Waals surface area contributed by atoms with E-state index in [0.717, 1.165) is 20.9 Å². The van der Waals surface area contributed by atoms with Gasteiger partial charge in [-0.25, -0.2) is 9.69 Å². The molecule has 0 saturated carbocycles. The minimum absolute atomic E-state index is 0.0899. The van der Waals surface area contributed by atoms with Gasteiger partial charge in [-0.2, -0.15) is 0 Å². The first kappa shape index (κ1) is 14.0. The number of hydrogen-bond donors (Lipinski definition) is 0. The Morgan fingerprint density at radius 2 is 1.45 bits per heavy atom. The number of carbonyl (C=O) groups is 3. The van der Waals surface area contributed by atoms with Crippen LogP contribution >= 0.6 is 0 Å². The zero-order valence-electron chi connectivity index (χ0n) is 12.0. The van der Waals surface area contributed by atoms with Crippen molar-refractivity contribution in [3.63, 3.8) is 0 Å². The Morgan fingerprint density at radius 1 is 0.818 bits per heavy atom. The molecule has 2 aromatic carbocycles. The normalized spacial score (nSPS) is 14.9. The third-order valence-corrected chi connectivity index (χ3v) is 3.53. The van der Waals surface area contributed by atoms with Crippen molar-refractivity contribution >= 4 is 23.5 Å². The molecule has 5 heteroatoms. The molecule has 3 rings (SSSR count). The van der Waals surface area contributed by atoms with Crippen LogP contribution in [0.25, 0.3) is 0 Å². The average molecular weight is 294 g/mol. The molecule has 22 heavy (non-hydrogen) atoms. The Balaban J connectivity index is 1.89. The predicted molar refractivity (Wildman–Crippen MR) is 81.1 cm³/mol. The van der Waals surface area contributed by atoms with Crippen LogP contribution < -0.4 is 4.90 Å². The second-order valence-corrected chi connectivity index (χ2v) is 5.14. The molecule has 110 valence electrons. The lowest BCUT2D eigenvalue weighted by atomic mass is 10.2. The zero-order valence-corrected chi connectivity index (χ0v) is 12.0. The van der Waals surface area contributed by atoms with Crippen LogP contribution in [-0.2, 0) is 16.1 Å². The van der Waals surface area contributed by atoms with Crippen LogP contribution in [0.1, 0.15) is 11.1 Å². The van der Waals surface area contributed by atoms with Crippen molar-refractivity contribution in [3.05, 3.63) is 65.7 Å². The highest BCUT2D eigenvalue weighted by atomic mass is 16.2. The molecule has 0 N–H and O–H groups in total. The largest absolute Gasteiger partial charge is 0.339 e. The van der Waals surface area contributed by atoms with Crippen molar-refractivity contribution < 1.29 is 14.4 Å². The quantitative estimate of drug-likeness (QED) is 0.645. The molecule has 1 heterocycles. The first-order chi connectivity index (χ1) is 10.6. The Morgan fingerprint density at radius 3 is 2.09 bits per heavy atom. The summed E-state index contributed by atoms with van der Waals surface area (Å²) < 4.78 is 0. The molecule has 1 fully saturated rings. The Kier molecular flexibility index (Phi) is 3.47. The van der Waals surface area contributed by atoms with Crippen molar-refractivity contribution in [2.75, 3.05) is 4.90 Å². The van der Waals surface area contributed by atoms with E-state index in [1.165, 1.54) is 0 Å². The summed E-state index contributed by atoms with van der Waals surface area (Å²) >= 11 is 0. The number of aryl methyl sites for hydroxylation is 1. The highest BCUT2D eigenvalue weighted by Crippen LogP contribution is 2.23. The standard InChI is InChI=1S/C17H14N2O3/c1-12-7-9-14(10-8-12)19-16(21)15(20)18(17(19)22)11-13-5-3-2-4-6-13/h2-10H,11H2,1H3. The topological polar surface area (TPSA) is 57.7 Å². The molecule has 0 atom stereocenters. The van der Waals surface area contributed by atoms with E-state index in [1.807, 2.05) is 25.1 Å². The van der Waals surface area contributed by atoms with Gasteiger partial charge in [-0.15, -0.1) is 0 Å². The number of hydrogen-bond acceptors (Lipinski definition) is 3. The predicted octanol–water partition coefficient (Wildman–Crippen LogP) is 2.49. The van der Waals surface area contributed by atoms with Crippen molar-refractivity contribution in [2.24, 2.45) is 0 Å². The van der Waals surface area contributed by atoms with Crippen LogP contribution in [0.4, 0.5) is 10.5 Å². The van der Waals surface area contributed by atoms with Gasteiger partial charge in [-0.05, 0) is 24.6 Å². The summed E-state index contributed by atoms with van der Waals surface area (Å²) in [5.74, 6) is -1.61. The first-order valence-corrected chi connectivity index (χ1v) is 6.88. The van der Waals surface area contributed by atoms with Crippen molar-refractivity contribution in [1.82, 2.24) is 4.90 Å². The summed E-state index contributed by atoms with van der Waals surface area (Å²) in [7, 11) is 0. The summed E-state index contributed by atoms with van der Waals surface area (Å²) in [5.41, 5.74) is 2.21. The van der Waals surface area contributed by atoms with Gasteiger partial charge in [0.05, 0.1) is 12.2 Å². The van der Waals surface area contributed by atoms with Crippen molar-refractivity contribution in [1.29, 1.82) is 0 Å². The summed E-state index contributed by atoms with van der Waals surface area (Å²) in [6.07, 6.45) is 0. The van der Waals surface area contributed by atoms with Gasteiger partial charge in [0.2, 0.25) is 0 Å². The molecular formula is C17H14N2O3. The van der Waals surface area contributed by atoms with Crippen LogP contribution in [0.2, 0.25) is 0 Å². The van der Waals surface area contributed by atoms with E-state index in [2.05, 4.69) is 0 Å². The molecular weight excluding hydrogens is 280 g/mol. The van der Waals surface area contributed by atoms with E-state index in [4.69, 9.17) is 0 Å². The van der Waals surface area contributed by atoms with Crippen LogP contribution in [-0.4, -0.2) is 22.7 Å². The Labute approximate surface area is 127 Å². The van der Waals surface area contributed by atoms with Gasteiger partial charge in [0.15, 0.2) is 0 Å². The molecule has 1 aliphatic heterocycles. The van der Waals surface area contributed by atoms with Crippen molar-refractivity contribution in [2.45, 2.75) is 13.5 Å². The number of imide groups is 2. The first-order valence-electron chi connectivity index (χ1n) is 6.88. The summed E-state index contributed by atoms with van der Waals surface area (Å²) in [5, 5.41) is 0. The molecule has 1 saturated heterocycles. The molecule has 0 aromatic heterocycles. The van der Waals surface area contributed by atoms with Crippen LogP contribution in [0.5, 0.6) is 0 Å². The van der Waals surface area contributed by atoms with Crippen LogP contribution in [0.15, 0.2) is 54.6 Å². The lowest BCUT2D eigenvalue weighted by Crippen LogP contribution is -2.33. The monoisotopic (exact) mass is 294 g/mol. The SMILES string of the molecule is Cc1ccc(N2C(=O)C(=O)N(Cc3ccccc3)C2=O)cc1. The van der Waals surface area contributed by atoms with Gasteiger partial charge in [0.25, 0.3) is 0 Å². The van der Waals surface area contributed by atoms with Gasteiger partial charge in [-0.3, -0.25) is 14.5 Å². The molecule has 0 bridgehead atoms. The molecule has 5 nitrogen and oxygen atoms in total. The Bertz CT molecular complexity index is 738. The third kappa shape index (κ3) is 2.37. The maximum atomic E-state index is 12.4. The van der Waals surface area contributed by atoms with E-state index in [-0.39, 0.29) is 6.54 Å². The minimum atomic E-state index is -0.815. The van der Waals surface area contributed by atoms with Gasteiger partial charge >= 0.3 is 17.8 Å². The summed E-state index contributed by atoms with van der Waals surface area (Å²) in [4.78, 5) is 38.5. The maximum absolute atomic E-state index is 12.4. The molecule has 1 aliphatic rings. The van der Waals surface area contributed by atoms with E-state index >= 15 is 0 Å². The maximum Gasteiger partial charge on any atom is 0.339 e. The van der Waals surface area contributed by atoms with E-state index in [0.29, 0.717) is 5.69 Å². The molecule has 0 spiro atoms. The number of benzene rings is 2. The van der Waals surface area contributed by atoms with Crippen LogP contribution in [0.3, 0.4) is 0 Å². The lowest BCUT2D eigenvalue weighted by molar-refractivity contribution is -0.139. The zero-order chi connectivity index (χ0) is 15.7. The summed E-state index contributed by atoms with van der Waals surface area (Å²) in [6, 6.07) is 15.4. The number of urea groups is 1. The fraction of sp³-hybridized carbons (Fsp3) is 0.118. The number of carbonyl (C=O) groups excluding carboxylic acids is 3. The molecule has 4 amide bonds. The molecule has 2 aromatic rings. The van der Waals surface area contributed by atoms with Gasteiger partial charge in [-0.1, -0.05) is 48.0 Å². The number of nitrogens with zero attached hydrogens (tertiary/aromatic N) is 2. The van der Waals surface area contributed by atoms with Crippen LogP contribution in [0, 0.1) is 6.92 Å². The molecule has 0 unspecified atom stereocenters. The average Bonchev–Trinajstić information content (AvgIpc) is 2.73. The number of amides is 4. The van der Waals surface area contributed by atoms with Crippen molar-refractivity contribution in [3.8, 4) is 0 Å². The minimum Gasteiger partial charge on any atom is -0.263 e.